The molecule has 0 aliphatic carbocycles. The van der Waals surface area contributed by atoms with Gasteiger partial charge < -0.3 is 14.9 Å². The second-order valence-electron chi connectivity index (χ2n) is 5.76. The highest BCUT2D eigenvalue weighted by molar-refractivity contribution is 6.03. The Morgan fingerprint density at radius 3 is 2.71 bits per heavy atom. The van der Waals surface area contributed by atoms with E-state index in [-0.39, 0.29) is 11.7 Å². The summed E-state index contributed by atoms with van der Waals surface area (Å²) < 4.78 is 0. The first-order chi connectivity index (χ1) is 10.1. The van der Waals surface area contributed by atoms with Gasteiger partial charge in [0.1, 0.15) is 5.75 Å². The zero-order valence-electron chi connectivity index (χ0n) is 12.4. The largest absolute Gasteiger partial charge is 0.506 e. The average molecular weight is 284 g/mol. The van der Waals surface area contributed by atoms with Gasteiger partial charge in [0.2, 0.25) is 0 Å². The van der Waals surface area contributed by atoms with E-state index < -0.39 is 0 Å². The molecule has 0 radical (unpaired) electrons. The van der Waals surface area contributed by atoms with Crippen molar-refractivity contribution in [3.8, 4) is 5.75 Å². The molecule has 1 heterocycles. The maximum atomic E-state index is 12.7. The van der Waals surface area contributed by atoms with Gasteiger partial charge >= 0.3 is 0 Å². The lowest BCUT2D eigenvalue weighted by molar-refractivity contribution is 0.0570. The van der Waals surface area contributed by atoms with Crippen LogP contribution in [-0.4, -0.2) is 53.5 Å². The van der Waals surface area contributed by atoms with Crippen molar-refractivity contribution >= 4 is 16.7 Å². The van der Waals surface area contributed by atoms with E-state index in [1.807, 2.05) is 35.2 Å². The topological polar surface area (TPSA) is 43.8 Å². The van der Waals surface area contributed by atoms with Crippen LogP contribution in [0.2, 0.25) is 0 Å². The Morgan fingerprint density at radius 2 is 1.95 bits per heavy atom. The van der Waals surface area contributed by atoms with Crippen LogP contribution in [0.3, 0.4) is 0 Å². The number of fused-ring (bicyclic) bond motifs is 1. The highest BCUT2D eigenvalue weighted by Gasteiger charge is 2.26. The number of aromatic hydroxyl groups is 1. The van der Waals surface area contributed by atoms with Gasteiger partial charge in [-0.1, -0.05) is 30.3 Å². The predicted octanol–water partition coefficient (Wildman–Crippen LogP) is 2.32. The number of rotatable bonds is 1. The summed E-state index contributed by atoms with van der Waals surface area (Å²) in [5.74, 6) is 0.00267. The Labute approximate surface area is 124 Å². The van der Waals surface area contributed by atoms with E-state index in [4.69, 9.17) is 0 Å². The summed E-state index contributed by atoms with van der Waals surface area (Å²) in [6, 6.07) is 11.5. The fourth-order valence-corrected chi connectivity index (χ4v) is 2.83. The molecule has 0 bridgehead atoms. The van der Waals surface area contributed by atoms with Crippen LogP contribution >= 0.6 is 0 Å². The molecule has 0 spiro atoms. The van der Waals surface area contributed by atoms with Gasteiger partial charge in [-0.25, -0.2) is 0 Å². The van der Waals surface area contributed by atoms with E-state index >= 15 is 0 Å². The number of nitrogens with zero attached hydrogens (tertiary/aromatic N) is 2. The molecule has 4 heteroatoms. The monoisotopic (exact) mass is 284 g/mol. The second kappa shape index (κ2) is 5.37. The number of hydrogen-bond donors (Lipinski definition) is 1. The summed E-state index contributed by atoms with van der Waals surface area (Å²) in [5, 5.41) is 12.1. The molecule has 1 unspecified atom stereocenters. The first-order valence-electron chi connectivity index (χ1n) is 7.28. The minimum absolute atomic E-state index is 0.0850. The lowest BCUT2D eigenvalue weighted by Gasteiger charge is -2.37. The van der Waals surface area contributed by atoms with E-state index in [9.17, 15) is 9.90 Å². The van der Waals surface area contributed by atoms with Crippen molar-refractivity contribution in [2.45, 2.75) is 13.0 Å². The summed E-state index contributed by atoms with van der Waals surface area (Å²) in [6.07, 6.45) is 0. The van der Waals surface area contributed by atoms with Crippen molar-refractivity contribution < 1.29 is 9.90 Å². The maximum Gasteiger partial charge on any atom is 0.257 e. The lowest BCUT2D eigenvalue weighted by Crippen LogP contribution is -2.52. The van der Waals surface area contributed by atoms with Crippen molar-refractivity contribution in [1.82, 2.24) is 9.80 Å². The number of amides is 1. The summed E-state index contributed by atoms with van der Waals surface area (Å²) in [6.45, 7) is 4.37. The molecule has 1 amide bonds. The smallest absolute Gasteiger partial charge is 0.257 e. The summed E-state index contributed by atoms with van der Waals surface area (Å²) >= 11 is 0. The molecule has 3 rings (SSSR count). The number of phenolic OH excluding ortho intramolecular Hbond substituents is 1. The van der Waals surface area contributed by atoms with Crippen LogP contribution in [0.25, 0.3) is 10.8 Å². The fourth-order valence-electron chi connectivity index (χ4n) is 2.83. The van der Waals surface area contributed by atoms with Crippen LogP contribution < -0.4 is 0 Å². The van der Waals surface area contributed by atoms with Crippen LogP contribution in [0.15, 0.2) is 36.4 Å². The molecule has 1 atom stereocenters. The number of carbonyl (C=O) groups is 1. The third-order valence-corrected chi connectivity index (χ3v) is 4.38. The molecule has 2 aromatic rings. The van der Waals surface area contributed by atoms with E-state index in [0.717, 1.165) is 17.3 Å². The Bertz CT molecular complexity index is 684. The van der Waals surface area contributed by atoms with Gasteiger partial charge in [-0.3, -0.25) is 4.79 Å². The van der Waals surface area contributed by atoms with Crippen molar-refractivity contribution in [2.75, 3.05) is 26.7 Å². The van der Waals surface area contributed by atoms with Crippen LogP contribution in [0.1, 0.15) is 17.3 Å². The SMILES string of the molecule is CC1CN(C(=O)c2ccc3ccccc3c2O)CCN1C. The molecule has 2 aromatic carbocycles. The molecule has 1 aliphatic heterocycles. The molecular weight excluding hydrogens is 264 g/mol. The maximum absolute atomic E-state index is 12.7. The first-order valence-corrected chi connectivity index (χ1v) is 7.28. The molecule has 110 valence electrons. The number of hydrogen-bond acceptors (Lipinski definition) is 3. The molecule has 4 nitrogen and oxygen atoms in total. The van der Waals surface area contributed by atoms with E-state index in [2.05, 4.69) is 18.9 Å². The third kappa shape index (κ3) is 2.47. The van der Waals surface area contributed by atoms with Gasteiger partial charge in [0.05, 0.1) is 5.56 Å². The van der Waals surface area contributed by atoms with Gasteiger partial charge in [0.15, 0.2) is 0 Å². The van der Waals surface area contributed by atoms with Gasteiger partial charge in [0, 0.05) is 31.1 Å². The average Bonchev–Trinajstić information content (AvgIpc) is 2.50. The number of benzene rings is 2. The molecule has 0 aromatic heterocycles. The van der Waals surface area contributed by atoms with Crippen molar-refractivity contribution in [2.24, 2.45) is 0 Å². The number of piperazine rings is 1. The molecule has 0 saturated carbocycles. The quantitative estimate of drug-likeness (QED) is 0.874. The van der Waals surface area contributed by atoms with Crippen molar-refractivity contribution in [3.63, 3.8) is 0 Å². The number of likely N-dealkylation sites (N-methyl/N-ethyl adjacent to an activating group) is 1. The molecule has 1 N–H and O–H groups in total. The van der Waals surface area contributed by atoms with Gasteiger partial charge in [-0.05, 0) is 25.4 Å². The van der Waals surface area contributed by atoms with E-state index in [1.54, 1.807) is 6.07 Å². The minimum atomic E-state index is -0.0850. The zero-order chi connectivity index (χ0) is 15.0. The zero-order valence-corrected chi connectivity index (χ0v) is 12.4. The van der Waals surface area contributed by atoms with Gasteiger partial charge in [-0.2, -0.15) is 0 Å². The van der Waals surface area contributed by atoms with Gasteiger partial charge in [-0.15, -0.1) is 0 Å². The van der Waals surface area contributed by atoms with E-state index in [0.29, 0.717) is 24.7 Å². The van der Waals surface area contributed by atoms with E-state index in [1.165, 1.54) is 0 Å². The highest BCUT2D eigenvalue weighted by Crippen LogP contribution is 2.29. The lowest BCUT2D eigenvalue weighted by atomic mass is 10.0. The molecular formula is C17H20N2O2. The summed E-state index contributed by atoms with van der Waals surface area (Å²) in [7, 11) is 2.07. The Morgan fingerprint density at radius 1 is 1.19 bits per heavy atom. The standard InChI is InChI=1S/C17H20N2O2/c1-12-11-19(10-9-18(12)2)17(21)15-8-7-13-5-3-4-6-14(13)16(15)20/h3-8,12,20H,9-11H2,1-2H3. The number of carbonyl (C=O) groups excluding carboxylic acids is 1. The molecule has 1 fully saturated rings. The van der Waals surface area contributed by atoms with Crippen LogP contribution in [0, 0.1) is 0 Å². The van der Waals surface area contributed by atoms with Crippen molar-refractivity contribution in [3.05, 3.63) is 42.0 Å². The molecule has 1 aliphatic rings. The molecule has 21 heavy (non-hydrogen) atoms. The van der Waals surface area contributed by atoms with Gasteiger partial charge in [0.25, 0.3) is 5.91 Å². The second-order valence-corrected chi connectivity index (χ2v) is 5.76. The minimum Gasteiger partial charge on any atom is -0.506 e. The Kier molecular flexibility index (Phi) is 3.55. The summed E-state index contributed by atoms with van der Waals surface area (Å²) in [4.78, 5) is 16.7. The van der Waals surface area contributed by atoms with Crippen LogP contribution in [0.5, 0.6) is 5.75 Å². The predicted molar refractivity (Wildman–Crippen MR) is 83.6 cm³/mol. The van der Waals surface area contributed by atoms with Crippen molar-refractivity contribution in [1.29, 1.82) is 0 Å². The normalized spacial score (nSPS) is 19.9. The number of phenols is 1. The summed E-state index contributed by atoms with van der Waals surface area (Å²) in [5.41, 5.74) is 0.394. The Balaban J connectivity index is 1.93. The highest BCUT2D eigenvalue weighted by atomic mass is 16.3. The first kappa shape index (κ1) is 13.9. The fraction of sp³-hybridized carbons (Fsp3) is 0.353. The van der Waals surface area contributed by atoms with Crippen LogP contribution in [-0.2, 0) is 0 Å². The Hall–Kier alpha value is -2.07. The van der Waals surface area contributed by atoms with Crippen LogP contribution in [0.4, 0.5) is 0 Å². The third-order valence-electron chi connectivity index (χ3n) is 4.38. The molecule has 1 saturated heterocycles.